The van der Waals surface area contributed by atoms with E-state index in [-0.39, 0.29) is 11.2 Å². The van der Waals surface area contributed by atoms with E-state index in [0.717, 1.165) is 12.8 Å². The van der Waals surface area contributed by atoms with Crippen LogP contribution in [0.4, 0.5) is 0 Å². The molecule has 1 aliphatic heterocycles. The quantitative estimate of drug-likeness (QED) is 0.858. The summed E-state index contributed by atoms with van der Waals surface area (Å²) in [5.74, 6) is 0.417. The second kappa shape index (κ2) is 6.14. The zero-order valence-electron chi connectivity index (χ0n) is 13.5. The van der Waals surface area contributed by atoms with Gasteiger partial charge in [0.1, 0.15) is 0 Å². The van der Waals surface area contributed by atoms with Crippen LogP contribution in [0.3, 0.4) is 0 Å². The van der Waals surface area contributed by atoms with Crippen molar-refractivity contribution in [3.05, 3.63) is 0 Å². The fraction of sp³-hybridized carbons (Fsp3) is 1.00. The third kappa shape index (κ3) is 4.41. The lowest BCUT2D eigenvalue weighted by Crippen LogP contribution is -2.49. The van der Waals surface area contributed by atoms with Gasteiger partial charge >= 0.3 is 0 Å². The molecule has 0 radical (unpaired) electrons. The first-order valence-corrected chi connectivity index (χ1v) is 9.51. The summed E-state index contributed by atoms with van der Waals surface area (Å²) >= 11 is 0. The molecular weight excluding hydrogens is 290 g/mol. The first-order valence-electron chi connectivity index (χ1n) is 7.90. The van der Waals surface area contributed by atoms with Crippen LogP contribution in [0, 0.1) is 11.3 Å². The van der Waals surface area contributed by atoms with E-state index in [2.05, 4.69) is 20.8 Å². The topological polar surface area (TPSA) is 66.8 Å². The molecule has 2 rings (SSSR count). The van der Waals surface area contributed by atoms with Crippen molar-refractivity contribution in [1.29, 1.82) is 0 Å². The Hall–Kier alpha value is -0.170. The molecule has 6 heteroatoms. The van der Waals surface area contributed by atoms with Crippen LogP contribution in [0.15, 0.2) is 0 Å². The molecule has 1 saturated heterocycles. The summed E-state index contributed by atoms with van der Waals surface area (Å²) < 4.78 is 31.6. The lowest BCUT2D eigenvalue weighted by atomic mass is 9.69. The highest BCUT2D eigenvalue weighted by atomic mass is 32.2. The number of morpholine rings is 1. The van der Waals surface area contributed by atoms with Gasteiger partial charge in [0.25, 0.3) is 0 Å². The van der Waals surface area contributed by atoms with Crippen molar-refractivity contribution in [1.82, 2.24) is 4.31 Å². The van der Waals surface area contributed by atoms with E-state index in [9.17, 15) is 13.5 Å². The number of sulfonamides is 1. The molecule has 124 valence electrons. The maximum absolute atomic E-state index is 12.4. The summed E-state index contributed by atoms with van der Waals surface area (Å²) in [5, 5.41) is 10.7. The highest BCUT2D eigenvalue weighted by Crippen LogP contribution is 2.42. The number of rotatable bonds is 3. The highest BCUT2D eigenvalue weighted by molar-refractivity contribution is 7.89. The maximum Gasteiger partial charge on any atom is 0.217 e. The Balaban J connectivity index is 1.96. The van der Waals surface area contributed by atoms with Gasteiger partial charge in [-0.3, -0.25) is 0 Å². The molecule has 21 heavy (non-hydrogen) atoms. The van der Waals surface area contributed by atoms with Crippen LogP contribution in [-0.4, -0.2) is 55.5 Å². The molecule has 0 bridgehead atoms. The van der Waals surface area contributed by atoms with E-state index in [0.29, 0.717) is 45.1 Å². The lowest BCUT2D eigenvalue weighted by molar-refractivity contribution is -0.00842. The Bertz CT molecular complexity index is 441. The van der Waals surface area contributed by atoms with Crippen molar-refractivity contribution < 1.29 is 18.3 Å². The summed E-state index contributed by atoms with van der Waals surface area (Å²) in [5.41, 5.74) is -0.830. The minimum Gasteiger partial charge on any atom is -0.389 e. The minimum atomic E-state index is -3.39. The predicted molar refractivity (Wildman–Crippen MR) is 82.5 cm³/mol. The second-order valence-corrected chi connectivity index (χ2v) is 9.60. The molecule has 0 spiro atoms. The van der Waals surface area contributed by atoms with E-state index in [1.165, 1.54) is 4.31 Å². The predicted octanol–water partition coefficient (Wildman–Crippen LogP) is 1.62. The van der Waals surface area contributed by atoms with Gasteiger partial charge < -0.3 is 9.84 Å². The van der Waals surface area contributed by atoms with Gasteiger partial charge in [0.15, 0.2) is 0 Å². The van der Waals surface area contributed by atoms with Crippen LogP contribution < -0.4 is 0 Å². The van der Waals surface area contributed by atoms with Crippen molar-refractivity contribution in [2.45, 2.75) is 52.1 Å². The van der Waals surface area contributed by atoms with Crippen molar-refractivity contribution in [2.75, 3.05) is 32.1 Å². The third-order valence-corrected chi connectivity index (χ3v) is 7.01. The molecule has 0 aromatic rings. The van der Waals surface area contributed by atoms with Crippen LogP contribution in [0.2, 0.25) is 0 Å². The number of aliphatic hydroxyl groups is 1. The Labute approximate surface area is 128 Å². The van der Waals surface area contributed by atoms with Crippen molar-refractivity contribution in [3.63, 3.8) is 0 Å². The highest BCUT2D eigenvalue weighted by Gasteiger charge is 2.41. The van der Waals surface area contributed by atoms with Crippen LogP contribution in [0.25, 0.3) is 0 Å². The summed E-state index contributed by atoms with van der Waals surface area (Å²) in [6.07, 6.45) is 2.97. The Morgan fingerprint density at radius 3 is 2.19 bits per heavy atom. The molecule has 0 unspecified atom stereocenters. The van der Waals surface area contributed by atoms with E-state index in [4.69, 9.17) is 4.74 Å². The molecule has 2 fully saturated rings. The Morgan fingerprint density at radius 2 is 1.71 bits per heavy atom. The Morgan fingerprint density at radius 1 is 1.19 bits per heavy atom. The molecule has 0 amide bonds. The number of hydrogen-bond acceptors (Lipinski definition) is 4. The molecular formula is C15H29NO4S. The number of hydrogen-bond donors (Lipinski definition) is 1. The fourth-order valence-electron chi connectivity index (χ4n) is 3.42. The van der Waals surface area contributed by atoms with Crippen LogP contribution in [-0.2, 0) is 14.8 Å². The average molecular weight is 319 g/mol. The second-order valence-electron chi connectivity index (χ2n) is 7.63. The van der Waals surface area contributed by atoms with Gasteiger partial charge in [0.2, 0.25) is 10.0 Å². The molecule has 0 aromatic carbocycles. The van der Waals surface area contributed by atoms with Crippen LogP contribution >= 0.6 is 0 Å². The van der Waals surface area contributed by atoms with Gasteiger partial charge in [-0.2, -0.15) is 4.31 Å². The molecule has 0 aromatic heterocycles. The first kappa shape index (κ1) is 17.2. The first-order chi connectivity index (χ1) is 9.62. The molecule has 5 nitrogen and oxygen atoms in total. The molecule has 1 N–H and O–H groups in total. The average Bonchev–Trinajstić information content (AvgIpc) is 2.38. The minimum absolute atomic E-state index is 0.142. The molecule has 0 atom stereocenters. The molecule has 1 heterocycles. The van der Waals surface area contributed by atoms with Crippen LogP contribution in [0.1, 0.15) is 46.5 Å². The van der Waals surface area contributed by atoms with Gasteiger partial charge in [0.05, 0.1) is 24.6 Å². The van der Waals surface area contributed by atoms with E-state index >= 15 is 0 Å². The summed E-state index contributed by atoms with van der Waals surface area (Å²) in [7, 11) is -3.39. The van der Waals surface area contributed by atoms with Crippen molar-refractivity contribution in [2.24, 2.45) is 11.3 Å². The molecule has 1 aliphatic carbocycles. The third-order valence-electron chi connectivity index (χ3n) is 4.96. The van der Waals surface area contributed by atoms with E-state index in [1.807, 2.05) is 0 Å². The lowest BCUT2D eigenvalue weighted by Gasteiger charge is -2.41. The van der Waals surface area contributed by atoms with Gasteiger partial charge in [-0.15, -0.1) is 0 Å². The van der Waals surface area contributed by atoms with Gasteiger partial charge in [-0.1, -0.05) is 20.8 Å². The Kier molecular flexibility index (Phi) is 5.03. The molecule has 2 aliphatic rings. The van der Waals surface area contributed by atoms with Crippen LogP contribution in [0.5, 0.6) is 0 Å². The smallest absolute Gasteiger partial charge is 0.217 e. The normalized spacial score (nSPS) is 33.0. The number of nitrogens with zero attached hydrogens (tertiary/aromatic N) is 1. The largest absolute Gasteiger partial charge is 0.389 e. The monoisotopic (exact) mass is 319 g/mol. The van der Waals surface area contributed by atoms with Crippen molar-refractivity contribution >= 4 is 10.0 Å². The summed E-state index contributed by atoms with van der Waals surface area (Å²) in [6.45, 7) is 8.35. The van der Waals surface area contributed by atoms with E-state index < -0.39 is 15.6 Å². The van der Waals surface area contributed by atoms with E-state index in [1.54, 1.807) is 0 Å². The standard InChI is InChI=1S/C15H29NO4S/c1-14(2,3)13-4-6-15(17,7-5-13)12-21(18,19)16-8-10-20-11-9-16/h13,17H,4-12H2,1-3H3. The maximum atomic E-state index is 12.4. The van der Waals surface area contributed by atoms with Gasteiger partial charge in [-0.25, -0.2) is 8.42 Å². The van der Waals surface area contributed by atoms with Gasteiger partial charge in [0, 0.05) is 13.1 Å². The van der Waals surface area contributed by atoms with Crippen molar-refractivity contribution in [3.8, 4) is 0 Å². The number of ether oxygens (including phenoxy) is 1. The zero-order valence-corrected chi connectivity index (χ0v) is 14.3. The summed E-state index contributed by atoms with van der Waals surface area (Å²) in [6, 6.07) is 0. The van der Waals surface area contributed by atoms with Gasteiger partial charge in [-0.05, 0) is 37.0 Å². The SMILES string of the molecule is CC(C)(C)C1CCC(O)(CS(=O)(=O)N2CCOCC2)CC1. The zero-order chi connectivity index (χ0) is 15.7. The fourth-order valence-corrected chi connectivity index (χ4v) is 5.28. The summed E-state index contributed by atoms with van der Waals surface area (Å²) in [4.78, 5) is 0. The molecule has 1 saturated carbocycles.